The van der Waals surface area contributed by atoms with Gasteiger partial charge in [0.2, 0.25) is 0 Å². The van der Waals surface area contributed by atoms with Gasteiger partial charge in [0.25, 0.3) is 5.91 Å². The fourth-order valence-electron chi connectivity index (χ4n) is 0.193. The molecule has 0 bridgehead atoms. The van der Waals surface area contributed by atoms with Crippen molar-refractivity contribution >= 4 is 5.91 Å². The van der Waals surface area contributed by atoms with E-state index in [2.05, 4.69) is 6.58 Å². The summed E-state index contributed by atoms with van der Waals surface area (Å²) in [5, 5.41) is 7.88. The molecule has 8 heavy (non-hydrogen) atoms. The first-order valence-electron chi connectivity index (χ1n) is 2.04. The van der Waals surface area contributed by atoms with Crippen LogP contribution in [0.3, 0.4) is 0 Å². The summed E-state index contributed by atoms with van der Waals surface area (Å²) in [4.78, 5) is 10.1. The Bertz CT molecular complexity index is 118. The predicted octanol–water partition coefficient (Wildman–Crippen LogP) is 0.234. The Morgan fingerprint density at radius 1 is 1.75 bits per heavy atom. The number of carbonyl (C=O) groups excluding carboxylic acids is 1. The number of carbonyl (C=O) groups is 1. The summed E-state index contributed by atoms with van der Waals surface area (Å²) in [7, 11) is 0. The summed E-state index contributed by atoms with van der Waals surface area (Å²) in [6.45, 7) is 3.32. The Morgan fingerprint density at radius 3 is 2.75 bits per heavy atom. The van der Waals surface area contributed by atoms with Gasteiger partial charge in [0.15, 0.2) is 0 Å². The van der Waals surface area contributed by atoms with Crippen molar-refractivity contribution in [3.63, 3.8) is 0 Å². The molecule has 0 rings (SSSR count). The molecule has 0 heterocycles. The molecule has 0 fully saturated rings. The number of rotatable bonds is 2. The molecule has 3 nitrogen and oxygen atoms in total. The van der Waals surface area contributed by atoms with Crippen LogP contribution in [0.1, 0.15) is 0 Å². The highest BCUT2D eigenvalue weighted by Gasteiger charge is 1.83. The third-order valence-corrected chi connectivity index (χ3v) is 0.494. The maximum absolute atomic E-state index is 10.1. The average Bonchev–Trinajstić information content (AvgIpc) is 1.83. The Labute approximate surface area is 47.3 Å². The lowest BCUT2D eigenvalue weighted by molar-refractivity contribution is -0.124. The first-order chi connectivity index (χ1) is 3.81. The normalized spacial score (nSPS) is 9.12. The molecule has 0 unspecified atom stereocenters. The Balaban J connectivity index is 3.52. The summed E-state index contributed by atoms with van der Waals surface area (Å²) in [6.07, 6.45) is 4.02. The molecule has 2 N–H and O–H groups in total. The molecule has 0 spiro atoms. The zero-order chi connectivity index (χ0) is 6.41. The lowest BCUT2D eigenvalue weighted by atomic mass is 10.5. The summed E-state index contributed by atoms with van der Waals surface area (Å²) >= 11 is 0. The van der Waals surface area contributed by atoms with Crippen molar-refractivity contribution < 1.29 is 10.0 Å². The number of amides is 1. The van der Waals surface area contributed by atoms with Crippen molar-refractivity contribution in [2.24, 2.45) is 0 Å². The minimum Gasteiger partial charge on any atom is -0.288 e. The van der Waals surface area contributed by atoms with E-state index in [-0.39, 0.29) is 0 Å². The van der Waals surface area contributed by atoms with Crippen LogP contribution in [0.2, 0.25) is 0 Å². The summed E-state index contributed by atoms with van der Waals surface area (Å²) in [6, 6.07) is 0. The fourth-order valence-corrected chi connectivity index (χ4v) is 0.193. The second-order valence-corrected chi connectivity index (χ2v) is 1.07. The van der Waals surface area contributed by atoms with Gasteiger partial charge in [0.05, 0.1) is 0 Å². The maximum atomic E-state index is 10.1. The zero-order valence-electron chi connectivity index (χ0n) is 4.29. The van der Waals surface area contributed by atoms with Gasteiger partial charge in [-0.15, -0.1) is 0 Å². The lowest BCUT2D eigenvalue weighted by Crippen LogP contribution is -2.14. The highest BCUT2D eigenvalue weighted by Crippen LogP contribution is 1.70. The van der Waals surface area contributed by atoms with E-state index in [1.165, 1.54) is 17.6 Å². The van der Waals surface area contributed by atoms with Gasteiger partial charge in [-0.3, -0.25) is 10.0 Å². The molecule has 1 amide bonds. The van der Waals surface area contributed by atoms with E-state index < -0.39 is 5.91 Å². The van der Waals surface area contributed by atoms with E-state index in [1.807, 2.05) is 0 Å². The van der Waals surface area contributed by atoms with E-state index in [0.717, 1.165) is 6.08 Å². The second kappa shape index (κ2) is 4.08. The molecule has 0 aliphatic carbocycles. The molecule has 0 aliphatic heterocycles. The molecule has 0 aliphatic rings. The van der Waals surface area contributed by atoms with E-state index in [0.29, 0.717) is 0 Å². The molecular formula is C5H7NO2. The van der Waals surface area contributed by atoms with Crippen molar-refractivity contribution in [3.8, 4) is 0 Å². The lowest BCUT2D eigenvalue weighted by Gasteiger charge is -1.83. The van der Waals surface area contributed by atoms with Gasteiger partial charge in [-0.25, -0.2) is 5.48 Å². The smallest absolute Gasteiger partial charge is 0.267 e. The molecule has 0 aromatic rings. The average molecular weight is 113 g/mol. The van der Waals surface area contributed by atoms with Gasteiger partial charge in [-0.1, -0.05) is 18.7 Å². The van der Waals surface area contributed by atoms with Gasteiger partial charge in [0.1, 0.15) is 0 Å². The molecule has 0 aromatic heterocycles. The van der Waals surface area contributed by atoms with Crippen LogP contribution in [-0.4, -0.2) is 11.1 Å². The molecule has 0 saturated heterocycles. The number of hydrogen-bond acceptors (Lipinski definition) is 2. The van der Waals surface area contributed by atoms with E-state index >= 15 is 0 Å². The van der Waals surface area contributed by atoms with Crippen LogP contribution in [0.15, 0.2) is 24.8 Å². The van der Waals surface area contributed by atoms with Crippen LogP contribution < -0.4 is 5.48 Å². The third kappa shape index (κ3) is 3.11. The van der Waals surface area contributed by atoms with Crippen molar-refractivity contribution in [3.05, 3.63) is 24.8 Å². The molecule has 0 atom stereocenters. The standard InChI is InChI=1S/C5H7NO2/c1-2-3-4-5(7)6-8/h2-4,8H,1H2,(H,6,7). The highest BCUT2D eigenvalue weighted by molar-refractivity contribution is 5.86. The van der Waals surface area contributed by atoms with E-state index in [9.17, 15) is 4.79 Å². The third-order valence-electron chi connectivity index (χ3n) is 0.494. The minimum absolute atomic E-state index is 0.551. The van der Waals surface area contributed by atoms with Crippen LogP contribution in [0, 0.1) is 0 Å². The fraction of sp³-hybridized carbons (Fsp3) is 0. The van der Waals surface area contributed by atoms with Crippen LogP contribution in [0.5, 0.6) is 0 Å². The monoisotopic (exact) mass is 113 g/mol. The van der Waals surface area contributed by atoms with Gasteiger partial charge in [0, 0.05) is 6.08 Å². The first kappa shape index (κ1) is 6.91. The van der Waals surface area contributed by atoms with Crippen LogP contribution >= 0.6 is 0 Å². The van der Waals surface area contributed by atoms with Crippen molar-refractivity contribution in [2.45, 2.75) is 0 Å². The molecular weight excluding hydrogens is 106 g/mol. The van der Waals surface area contributed by atoms with Gasteiger partial charge < -0.3 is 0 Å². The second-order valence-electron chi connectivity index (χ2n) is 1.07. The Hall–Kier alpha value is -1.09. The molecule has 44 valence electrons. The van der Waals surface area contributed by atoms with Gasteiger partial charge in [-0.05, 0) is 0 Å². The Morgan fingerprint density at radius 2 is 2.38 bits per heavy atom. The minimum atomic E-state index is -0.551. The summed E-state index contributed by atoms with van der Waals surface area (Å²) in [5.74, 6) is -0.551. The largest absolute Gasteiger partial charge is 0.288 e. The number of nitrogens with one attached hydrogen (secondary N) is 1. The number of hydrogen-bond donors (Lipinski definition) is 2. The molecule has 0 saturated carbocycles. The van der Waals surface area contributed by atoms with Crippen LogP contribution in [0.4, 0.5) is 0 Å². The van der Waals surface area contributed by atoms with E-state index in [4.69, 9.17) is 5.21 Å². The van der Waals surface area contributed by atoms with Crippen molar-refractivity contribution in [1.29, 1.82) is 0 Å². The molecule has 0 radical (unpaired) electrons. The van der Waals surface area contributed by atoms with Crippen LogP contribution in [-0.2, 0) is 4.79 Å². The van der Waals surface area contributed by atoms with Crippen LogP contribution in [0.25, 0.3) is 0 Å². The summed E-state index contributed by atoms with van der Waals surface area (Å²) in [5.41, 5.74) is 1.43. The molecule has 3 heteroatoms. The van der Waals surface area contributed by atoms with Gasteiger partial charge in [-0.2, -0.15) is 0 Å². The highest BCUT2D eigenvalue weighted by atomic mass is 16.5. The van der Waals surface area contributed by atoms with E-state index in [1.54, 1.807) is 0 Å². The van der Waals surface area contributed by atoms with Gasteiger partial charge >= 0.3 is 0 Å². The zero-order valence-corrected chi connectivity index (χ0v) is 4.29. The Kier molecular flexibility index (Phi) is 3.52. The number of hydroxylamine groups is 1. The topological polar surface area (TPSA) is 49.3 Å². The predicted molar refractivity (Wildman–Crippen MR) is 29.3 cm³/mol. The first-order valence-corrected chi connectivity index (χ1v) is 2.04. The SMILES string of the molecule is C=CC=CC(=O)NO. The molecule has 0 aromatic carbocycles. The number of allylic oxidation sites excluding steroid dienone is 2. The summed E-state index contributed by atoms with van der Waals surface area (Å²) < 4.78 is 0. The van der Waals surface area contributed by atoms with Crippen molar-refractivity contribution in [1.82, 2.24) is 5.48 Å². The van der Waals surface area contributed by atoms with Crippen molar-refractivity contribution in [2.75, 3.05) is 0 Å². The quantitative estimate of drug-likeness (QED) is 0.233. The maximum Gasteiger partial charge on any atom is 0.267 e.